The highest BCUT2D eigenvalue weighted by molar-refractivity contribution is 9.10. The van der Waals surface area contributed by atoms with Crippen LogP contribution in [0.2, 0.25) is 0 Å². The van der Waals surface area contributed by atoms with Crippen molar-refractivity contribution in [2.24, 2.45) is 0 Å². The van der Waals surface area contributed by atoms with E-state index in [4.69, 9.17) is 9.72 Å². The SMILES string of the molecule is CNCCCCC(C)(c1ccccc1)C(c1ccccc1)c1cc2cc(Br)ccc2nc1OC. The van der Waals surface area contributed by atoms with E-state index >= 15 is 0 Å². The zero-order valence-corrected chi connectivity index (χ0v) is 21.8. The smallest absolute Gasteiger partial charge is 0.217 e. The minimum atomic E-state index is -0.148. The predicted octanol–water partition coefficient (Wildman–Crippen LogP) is 7.49. The van der Waals surface area contributed by atoms with Crippen LogP contribution in [0.5, 0.6) is 5.88 Å². The summed E-state index contributed by atoms with van der Waals surface area (Å²) in [5, 5.41) is 4.40. The second-order valence-corrected chi connectivity index (χ2v) is 10.0. The molecule has 0 bridgehead atoms. The molecule has 2 atom stereocenters. The molecule has 176 valence electrons. The number of ether oxygens (including phenoxy) is 1. The molecule has 1 heterocycles. The molecule has 3 aromatic carbocycles. The summed E-state index contributed by atoms with van der Waals surface area (Å²) in [4.78, 5) is 4.95. The molecule has 0 fully saturated rings. The van der Waals surface area contributed by atoms with E-state index in [1.165, 1.54) is 11.1 Å². The van der Waals surface area contributed by atoms with Crippen molar-refractivity contribution in [3.63, 3.8) is 0 Å². The van der Waals surface area contributed by atoms with Gasteiger partial charge in [0.05, 0.1) is 12.6 Å². The monoisotopic (exact) mass is 516 g/mol. The summed E-state index contributed by atoms with van der Waals surface area (Å²) in [6.07, 6.45) is 3.32. The minimum Gasteiger partial charge on any atom is -0.481 e. The highest BCUT2D eigenvalue weighted by atomic mass is 79.9. The predicted molar refractivity (Wildman–Crippen MR) is 146 cm³/mol. The Labute approximate surface area is 211 Å². The van der Waals surface area contributed by atoms with Gasteiger partial charge in [-0.05, 0) is 61.8 Å². The summed E-state index contributed by atoms with van der Waals surface area (Å²) in [5.41, 5.74) is 4.53. The van der Waals surface area contributed by atoms with Crippen LogP contribution in [0.4, 0.5) is 0 Å². The van der Waals surface area contributed by atoms with E-state index in [1.54, 1.807) is 7.11 Å². The number of hydrogen-bond donors (Lipinski definition) is 1. The minimum absolute atomic E-state index is 0.0801. The Morgan fingerprint density at radius 1 is 0.941 bits per heavy atom. The molecule has 1 aromatic heterocycles. The van der Waals surface area contributed by atoms with Crippen molar-refractivity contribution < 1.29 is 4.74 Å². The molecule has 0 spiro atoms. The number of nitrogens with one attached hydrogen (secondary N) is 1. The van der Waals surface area contributed by atoms with Crippen molar-refractivity contribution in [3.05, 3.63) is 106 Å². The molecule has 0 saturated carbocycles. The highest BCUT2D eigenvalue weighted by Crippen LogP contribution is 2.49. The normalized spacial score (nSPS) is 14.0. The Hall–Kier alpha value is -2.69. The van der Waals surface area contributed by atoms with Gasteiger partial charge < -0.3 is 10.1 Å². The maximum Gasteiger partial charge on any atom is 0.217 e. The number of fused-ring (bicyclic) bond motifs is 1. The summed E-state index contributed by atoms with van der Waals surface area (Å²) in [6, 6.07) is 30.2. The third-order valence-electron chi connectivity index (χ3n) is 6.85. The third-order valence-corrected chi connectivity index (χ3v) is 7.34. The van der Waals surface area contributed by atoms with Gasteiger partial charge in [0.1, 0.15) is 0 Å². The molecule has 0 aliphatic heterocycles. The first kappa shape index (κ1) is 24.4. The molecule has 1 N–H and O–H groups in total. The average molecular weight is 518 g/mol. The summed E-state index contributed by atoms with van der Waals surface area (Å²) in [7, 11) is 3.75. The van der Waals surface area contributed by atoms with E-state index in [-0.39, 0.29) is 11.3 Å². The second-order valence-electron chi connectivity index (χ2n) is 9.11. The molecule has 2 unspecified atom stereocenters. The first-order valence-electron chi connectivity index (χ1n) is 12.0. The maximum atomic E-state index is 5.93. The lowest BCUT2D eigenvalue weighted by atomic mass is 9.64. The summed E-state index contributed by atoms with van der Waals surface area (Å²) < 4.78 is 6.98. The van der Waals surface area contributed by atoms with Crippen molar-refractivity contribution in [2.75, 3.05) is 20.7 Å². The lowest BCUT2D eigenvalue weighted by molar-refractivity contribution is 0.345. The zero-order valence-electron chi connectivity index (χ0n) is 20.2. The number of methoxy groups -OCH3 is 1. The van der Waals surface area contributed by atoms with Crippen LogP contribution in [0, 0.1) is 0 Å². The fourth-order valence-corrected chi connectivity index (χ4v) is 5.50. The summed E-state index contributed by atoms with van der Waals surface area (Å²) in [5.74, 6) is 0.776. The highest BCUT2D eigenvalue weighted by Gasteiger charge is 2.39. The van der Waals surface area contributed by atoms with Crippen LogP contribution in [0.1, 0.15) is 48.8 Å². The number of rotatable bonds is 10. The molecule has 4 heteroatoms. The van der Waals surface area contributed by atoms with Crippen molar-refractivity contribution in [1.82, 2.24) is 10.3 Å². The van der Waals surface area contributed by atoms with Crippen molar-refractivity contribution >= 4 is 26.8 Å². The Morgan fingerprint density at radius 2 is 1.65 bits per heavy atom. The van der Waals surface area contributed by atoms with Crippen LogP contribution >= 0.6 is 15.9 Å². The van der Waals surface area contributed by atoms with Gasteiger partial charge in [0.15, 0.2) is 0 Å². The fourth-order valence-electron chi connectivity index (χ4n) is 5.12. The van der Waals surface area contributed by atoms with Crippen LogP contribution in [-0.2, 0) is 5.41 Å². The molecule has 0 radical (unpaired) electrons. The topological polar surface area (TPSA) is 34.2 Å². The van der Waals surface area contributed by atoms with Crippen LogP contribution in [0.15, 0.2) is 89.4 Å². The van der Waals surface area contributed by atoms with Gasteiger partial charge in [-0.2, -0.15) is 0 Å². The quantitative estimate of drug-likeness (QED) is 0.222. The Bertz CT molecular complexity index is 1210. The summed E-state index contributed by atoms with van der Waals surface area (Å²) >= 11 is 3.63. The molecule has 4 rings (SSSR count). The van der Waals surface area contributed by atoms with E-state index in [0.29, 0.717) is 5.88 Å². The van der Waals surface area contributed by atoms with Gasteiger partial charge in [-0.1, -0.05) is 89.9 Å². The number of pyridine rings is 1. The second kappa shape index (κ2) is 11.2. The first-order chi connectivity index (χ1) is 16.6. The molecule has 0 aliphatic carbocycles. The van der Waals surface area contributed by atoms with Crippen LogP contribution < -0.4 is 10.1 Å². The van der Waals surface area contributed by atoms with Crippen LogP contribution in [0.3, 0.4) is 0 Å². The van der Waals surface area contributed by atoms with E-state index < -0.39 is 0 Å². The van der Waals surface area contributed by atoms with E-state index in [1.807, 2.05) is 19.2 Å². The summed E-state index contributed by atoms with van der Waals surface area (Å²) in [6.45, 7) is 3.43. The van der Waals surface area contributed by atoms with E-state index in [9.17, 15) is 0 Å². The lowest BCUT2D eigenvalue weighted by Gasteiger charge is -2.40. The Balaban J connectivity index is 1.95. The van der Waals surface area contributed by atoms with Gasteiger partial charge in [0, 0.05) is 26.8 Å². The third kappa shape index (κ3) is 5.18. The van der Waals surface area contributed by atoms with Crippen LogP contribution in [0.25, 0.3) is 10.9 Å². The van der Waals surface area contributed by atoms with Gasteiger partial charge >= 0.3 is 0 Å². The fraction of sp³-hybridized carbons (Fsp3) is 0.300. The van der Waals surface area contributed by atoms with Gasteiger partial charge in [-0.15, -0.1) is 0 Å². The molecular formula is C30H33BrN2O. The largest absolute Gasteiger partial charge is 0.481 e. The van der Waals surface area contributed by atoms with Crippen molar-refractivity contribution in [2.45, 2.75) is 37.5 Å². The molecular weight excluding hydrogens is 484 g/mol. The molecule has 0 aliphatic rings. The number of nitrogens with zero attached hydrogens (tertiary/aromatic N) is 1. The van der Waals surface area contributed by atoms with E-state index in [2.05, 4.69) is 101 Å². The van der Waals surface area contributed by atoms with Crippen LogP contribution in [-0.4, -0.2) is 25.7 Å². The first-order valence-corrected chi connectivity index (χ1v) is 12.8. The van der Waals surface area contributed by atoms with Gasteiger partial charge in [0.2, 0.25) is 5.88 Å². The van der Waals surface area contributed by atoms with Gasteiger partial charge in [-0.25, -0.2) is 4.98 Å². The number of aromatic nitrogens is 1. The molecule has 3 nitrogen and oxygen atoms in total. The van der Waals surface area contributed by atoms with Crippen molar-refractivity contribution in [1.29, 1.82) is 0 Å². The molecule has 4 aromatic rings. The number of halogens is 1. The lowest BCUT2D eigenvalue weighted by Crippen LogP contribution is -2.32. The maximum absolute atomic E-state index is 5.93. The van der Waals surface area contributed by atoms with Crippen molar-refractivity contribution in [3.8, 4) is 5.88 Å². The molecule has 0 amide bonds. The molecule has 34 heavy (non-hydrogen) atoms. The molecule has 0 saturated heterocycles. The zero-order chi connectivity index (χ0) is 24.0. The van der Waals surface area contributed by atoms with E-state index in [0.717, 1.165) is 46.7 Å². The Kier molecular flexibility index (Phi) is 8.02. The number of unbranched alkanes of at least 4 members (excludes halogenated alkanes) is 1. The number of benzene rings is 3. The Morgan fingerprint density at radius 3 is 2.32 bits per heavy atom. The average Bonchev–Trinajstić information content (AvgIpc) is 2.87. The van der Waals surface area contributed by atoms with Gasteiger partial charge in [-0.3, -0.25) is 0 Å². The van der Waals surface area contributed by atoms with Gasteiger partial charge in [0.25, 0.3) is 0 Å². The number of hydrogen-bond acceptors (Lipinski definition) is 3. The standard InChI is InChI=1S/C30H33BrN2O/c1-30(18-10-11-19-32-2,24-14-8-5-9-15-24)28(22-12-6-4-7-13-22)26-21-23-20-25(31)16-17-27(23)33-29(26)34-3/h4-9,12-17,20-21,28,32H,10-11,18-19H2,1-3H3.